The normalized spacial score (nSPS) is 14.1. The summed E-state index contributed by atoms with van der Waals surface area (Å²) in [5.41, 5.74) is 16.1. The van der Waals surface area contributed by atoms with Crippen molar-refractivity contribution in [1.82, 2.24) is 15.0 Å². The molecule has 1 fully saturated rings. The van der Waals surface area contributed by atoms with Crippen LogP contribution in [0, 0.1) is 0 Å². The predicted octanol–water partition coefficient (Wildman–Crippen LogP) is 13.1. The van der Waals surface area contributed by atoms with Crippen LogP contribution in [0.4, 0.5) is 0 Å². The Balaban J connectivity index is 1.04. The van der Waals surface area contributed by atoms with Crippen LogP contribution >= 0.6 is 0 Å². The molecule has 258 valence electrons. The number of hydrogen-bond donors (Lipinski definition) is 0. The highest BCUT2D eigenvalue weighted by Gasteiger charge is 2.45. The van der Waals surface area contributed by atoms with E-state index in [1.165, 1.54) is 76.6 Å². The number of rotatable bonds is 6. The van der Waals surface area contributed by atoms with Gasteiger partial charge in [-0.25, -0.2) is 15.0 Å². The zero-order valence-electron chi connectivity index (χ0n) is 30.1. The molecule has 1 saturated carbocycles. The van der Waals surface area contributed by atoms with E-state index in [1.807, 2.05) is 24.3 Å². The molecule has 2 aliphatic carbocycles. The molecule has 7 aromatic carbocycles. The lowest BCUT2D eigenvalue weighted by molar-refractivity contribution is 0.353. The molecular weight excluding hydrogens is 655 g/mol. The zero-order valence-corrected chi connectivity index (χ0v) is 30.1. The van der Waals surface area contributed by atoms with Gasteiger partial charge in [0.05, 0.1) is 0 Å². The van der Waals surface area contributed by atoms with Gasteiger partial charge in [-0.1, -0.05) is 183 Å². The van der Waals surface area contributed by atoms with E-state index in [9.17, 15) is 0 Å². The Bertz CT molecular complexity index is 2620. The first kappa shape index (κ1) is 32.2. The lowest BCUT2D eigenvalue weighted by atomic mass is 9.66. The Kier molecular flexibility index (Phi) is 8.06. The summed E-state index contributed by atoms with van der Waals surface area (Å²) in [5, 5.41) is 0. The van der Waals surface area contributed by atoms with E-state index < -0.39 is 0 Å². The van der Waals surface area contributed by atoms with Gasteiger partial charge in [0.15, 0.2) is 17.5 Å². The Morgan fingerprint density at radius 2 is 0.759 bits per heavy atom. The van der Waals surface area contributed by atoms with E-state index in [-0.39, 0.29) is 5.41 Å². The summed E-state index contributed by atoms with van der Waals surface area (Å²) in [6.07, 6.45) is 6.30. The van der Waals surface area contributed by atoms with Crippen molar-refractivity contribution in [2.45, 2.75) is 37.5 Å². The van der Waals surface area contributed by atoms with Gasteiger partial charge in [-0.15, -0.1) is 0 Å². The topological polar surface area (TPSA) is 38.7 Å². The molecule has 3 nitrogen and oxygen atoms in total. The molecule has 54 heavy (non-hydrogen) atoms. The van der Waals surface area contributed by atoms with Crippen molar-refractivity contribution in [2.75, 3.05) is 0 Å². The first-order chi connectivity index (χ1) is 26.7. The molecule has 0 unspecified atom stereocenters. The van der Waals surface area contributed by atoms with E-state index in [1.54, 1.807) is 0 Å². The van der Waals surface area contributed by atoms with E-state index in [0.29, 0.717) is 17.5 Å². The van der Waals surface area contributed by atoms with Crippen molar-refractivity contribution in [3.8, 4) is 78.7 Å². The lowest BCUT2D eigenvalue weighted by Gasteiger charge is -2.37. The largest absolute Gasteiger partial charge is 0.208 e. The van der Waals surface area contributed by atoms with Gasteiger partial charge in [-0.3, -0.25) is 0 Å². The van der Waals surface area contributed by atoms with Gasteiger partial charge in [-0.2, -0.15) is 0 Å². The van der Waals surface area contributed by atoms with Crippen molar-refractivity contribution < 1.29 is 0 Å². The van der Waals surface area contributed by atoms with E-state index >= 15 is 0 Å². The van der Waals surface area contributed by atoms with Crippen LogP contribution in [-0.2, 0) is 5.41 Å². The Labute approximate surface area is 317 Å². The van der Waals surface area contributed by atoms with Crippen LogP contribution in [0.25, 0.3) is 78.7 Å². The minimum atomic E-state index is 0.0887. The van der Waals surface area contributed by atoms with Crippen molar-refractivity contribution in [2.24, 2.45) is 0 Å². The third-order valence-electron chi connectivity index (χ3n) is 11.5. The van der Waals surface area contributed by atoms with Gasteiger partial charge in [0, 0.05) is 22.1 Å². The molecule has 0 amide bonds. The van der Waals surface area contributed by atoms with Crippen LogP contribution in [0.1, 0.15) is 43.2 Å². The maximum atomic E-state index is 5.09. The van der Waals surface area contributed by atoms with Crippen molar-refractivity contribution in [1.29, 1.82) is 0 Å². The summed E-state index contributed by atoms with van der Waals surface area (Å²) in [6, 6.07) is 62.9. The van der Waals surface area contributed by atoms with Crippen LogP contribution in [0.3, 0.4) is 0 Å². The molecule has 8 aromatic rings. The molecule has 3 heteroatoms. The molecule has 1 aromatic heterocycles. The fraction of sp³-hybridized carbons (Fsp3) is 0.118. The summed E-state index contributed by atoms with van der Waals surface area (Å²) >= 11 is 0. The smallest absolute Gasteiger partial charge is 0.164 e. The summed E-state index contributed by atoms with van der Waals surface area (Å²) in [5.74, 6) is 1.97. The second-order valence-corrected chi connectivity index (χ2v) is 14.7. The summed E-state index contributed by atoms with van der Waals surface area (Å²) in [6.45, 7) is 0. The standard InChI is InChI=1S/C51H39N3/c1-4-15-35(16-5-1)36-27-29-38(30-28-36)49-52-48(37-17-6-2-7-18-37)53-50(54-49)42-22-13-20-40(34-42)39-19-12-21-41(33-39)43-24-14-25-45-44-23-8-9-26-46(44)51(47(43)45)31-10-3-11-32-51/h1-2,4-9,12-30,33-34H,3,10-11,31-32H2. The van der Waals surface area contributed by atoms with Gasteiger partial charge in [0.25, 0.3) is 0 Å². The molecule has 0 N–H and O–H groups in total. The van der Waals surface area contributed by atoms with Crippen molar-refractivity contribution in [3.63, 3.8) is 0 Å². The molecule has 0 aliphatic heterocycles. The molecule has 0 radical (unpaired) electrons. The van der Waals surface area contributed by atoms with Crippen molar-refractivity contribution in [3.05, 3.63) is 187 Å². The molecule has 10 rings (SSSR count). The van der Waals surface area contributed by atoms with E-state index in [4.69, 9.17) is 15.0 Å². The lowest BCUT2D eigenvalue weighted by Crippen LogP contribution is -2.28. The highest BCUT2D eigenvalue weighted by Crippen LogP contribution is 2.58. The predicted molar refractivity (Wildman–Crippen MR) is 222 cm³/mol. The number of hydrogen-bond acceptors (Lipinski definition) is 3. The molecule has 1 spiro atoms. The maximum absolute atomic E-state index is 5.09. The second kappa shape index (κ2) is 13.5. The molecule has 0 bridgehead atoms. The first-order valence-corrected chi connectivity index (χ1v) is 19.2. The van der Waals surface area contributed by atoms with E-state index in [0.717, 1.165) is 27.8 Å². The van der Waals surface area contributed by atoms with Gasteiger partial charge < -0.3 is 0 Å². The molecular formula is C51H39N3. The van der Waals surface area contributed by atoms with Gasteiger partial charge in [-0.05, 0) is 80.6 Å². The Hall–Kier alpha value is -6.45. The van der Waals surface area contributed by atoms with Crippen LogP contribution in [0.2, 0.25) is 0 Å². The SMILES string of the molecule is c1ccc(-c2ccc(-c3nc(-c4ccccc4)nc(-c4cccc(-c5cccc(-c6cccc7c6C6(CCCCC6)c6ccccc6-7)c5)c4)n3)cc2)cc1. The molecule has 0 saturated heterocycles. The van der Waals surface area contributed by atoms with Crippen LogP contribution in [-0.4, -0.2) is 15.0 Å². The maximum Gasteiger partial charge on any atom is 0.164 e. The monoisotopic (exact) mass is 693 g/mol. The average Bonchev–Trinajstić information content (AvgIpc) is 3.53. The van der Waals surface area contributed by atoms with Gasteiger partial charge >= 0.3 is 0 Å². The van der Waals surface area contributed by atoms with Crippen LogP contribution in [0.15, 0.2) is 176 Å². The molecule has 2 aliphatic rings. The van der Waals surface area contributed by atoms with Crippen molar-refractivity contribution >= 4 is 0 Å². The minimum Gasteiger partial charge on any atom is -0.208 e. The Morgan fingerprint density at radius 1 is 0.315 bits per heavy atom. The minimum absolute atomic E-state index is 0.0887. The fourth-order valence-corrected chi connectivity index (χ4v) is 8.97. The summed E-state index contributed by atoms with van der Waals surface area (Å²) < 4.78 is 0. The van der Waals surface area contributed by atoms with Gasteiger partial charge in [0.2, 0.25) is 0 Å². The average molecular weight is 694 g/mol. The highest BCUT2D eigenvalue weighted by atomic mass is 15.0. The molecule has 0 atom stereocenters. The summed E-state index contributed by atoms with van der Waals surface area (Å²) in [4.78, 5) is 15.1. The van der Waals surface area contributed by atoms with Gasteiger partial charge in [0.1, 0.15) is 0 Å². The second-order valence-electron chi connectivity index (χ2n) is 14.7. The van der Waals surface area contributed by atoms with E-state index in [2.05, 4.69) is 152 Å². The molecule has 1 heterocycles. The Morgan fingerprint density at radius 3 is 1.46 bits per heavy atom. The third kappa shape index (κ3) is 5.64. The number of aromatic nitrogens is 3. The quantitative estimate of drug-likeness (QED) is 0.174. The number of fused-ring (bicyclic) bond motifs is 5. The fourth-order valence-electron chi connectivity index (χ4n) is 8.97. The zero-order chi connectivity index (χ0) is 35.9. The summed E-state index contributed by atoms with van der Waals surface area (Å²) in [7, 11) is 0. The number of nitrogens with zero attached hydrogens (tertiary/aromatic N) is 3. The van der Waals surface area contributed by atoms with Crippen LogP contribution < -0.4 is 0 Å². The highest BCUT2D eigenvalue weighted by molar-refractivity contribution is 5.89. The van der Waals surface area contributed by atoms with Crippen LogP contribution in [0.5, 0.6) is 0 Å². The third-order valence-corrected chi connectivity index (χ3v) is 11.5. The first-order valence-electron chi connectivity index (χ1n) is 19.2. The number of benzene rings is 7.